The van der Waals surface area contributed by atoms with Crippen LogP contribution in [-0.2, 0) is 6.42 Å². The lowest BCUT2D eigenvalue weighted by Crippen LogP contribution is -2.37. The molecule has 1 aliphatic rings. The van der Waals surface area contributed by atoms with Gasteiger partial charge in [0.15, 0.2) is 0 Å². The van der Waals surface area contributed by atoms with Crippen molar-refractivity contribution in [2.75, 3.05) is 6.54 Å². The molecule has 2 rings (SSSR count). The summed E-state index contributed by atoms with van der Waals surface area (Å²) in [6.45, 7) is 3.14. The molecule has 1 aromatic rings. The quantitative estimate of drug-likeness (QED) is 0.786. The van der Waals surface area contributed by atoms with Crippen LogP contribution in [0.4, 0.5) is 8.78 Å². The zero-order valence-electron chi connectivity index (χ0n) is 12.3. The smallest absolute Gasteiger partial charge is 0.129 e. The van der Waals surface area contributed by atoms with E-state index in [-0.39, 0.29) is 5.56 Å². The van der Waals surface area contributed by atoms with Crippen LogP contribution in [0.1, 0.15) is 51.0 Å². The normalized spacial score (nSPS) is 23.6. The molecule has 0 amide bonds. The molecule has 0 aromatic heterocycles. The predicted octanol–water partition coefficient (Wildman–Crippen LogP) is 4.46. The number of hydrogen-bond acceptors (Lipinski definition) is 1. The summed E-state index contributed by atoms with van der Waals surface area (Å²) in [5.41, 5.74) is 0.266. The van der Waals surface area contributed by atoms with Gasteiger partial charge in [-0.2, -0.15) is 0 Å². The van der Waals surface area contributed by atoms with E-state index in [9.17, 15) is 8.78 Å². The van der Waals surface area contributed by atoms with Gasteiger partial charge in [-0.25, -0.2) is 8.78 Å². The van der Waals surface area contributed by atoms with Gasteiger partial charge in [0.25, 0.3) is 0 Å². The highest BCUT2D eigenvalue weighted by Gasteiger charge is 2.25. The second-order valence-corrected chi connectivity index (χ2v) is 5.86. The second-order valence-electron chi connectivity index (χ2n) is 5.86. The summed E-state index contributed by atoms with van der Waals surface area (Å²) < 4.78 is 27.7. The number of hydrogen-bond donors (Lipinski definition) is 1. The van der Waals surface area contributed by atoms with E-state index in [4.69, 9.17) is 0 Å². The molecule has 1 aliphatic carbocycles. The van der Waals surface area contributed by atoms with E-state index >= 15 is 0 Å². The van der Waals surface area contributed by atoms with Crippen molar-refractivity contribution >= 4 is 0 Å². The lowest BCUT2D eigenvalue weighted by atomic mass is 9.88. The molecular weight excluding hydrogens is 256 g/mol. The third kappa shape index (κ3) is 4.02. The third-order valence-corrected chi connectivity index (χ3v) is 4.34. The Morgan fingerprint density at radius 3 is 2.50 bits per heavy atom. The molecule has 0 spiro atoms. The van der Waals surface area contributed by atoms with Gasteiger partial charge < -0.3 is 5.32 Å². The summed E-state index contributed by atoms with van der Waals surface area (Å²) in [6.07, 6.45) is 7.43. The van der Waals surface area contributed by atoms with E-state index < -0.39 is 11.6 Å². The Morgan fingerprint density at radius 1 is 1.10 bits per heavy atom. The third-order valence-electron chi connectivity index (χ3n) is 4.34. The molecule has 1 aromatic carbocycles. The SMILES string of the molecule is CCCNC1CCCCCC1Cc1c(F)cccc1F. The minimum atomic E-state index is -0.400. The van der Waals surface area contributed by atoms with Crippen LogP contribution in [0.5, 0.6) is 0 Å². The maximum absolute atomic E-state index is 13.8. The zero-order chi connectivity index (χ0) is 14.4. The molecule has 1 nitrogen and oxygen atoms in total. The van der Waals surface area contributed by atoms with Crippen LogP contribution < -0.4 is 5.32 Å². The molecule has 0 radical (unpaired) electrons. The highest BCUT2D eigenvalue weighted by atomic mass is 19.1. The number of nitrogens with one attached hydrogen (secondary N) is 1. The van der Waals surface area contributed by atoms with Crippen molar-refractivity contribution in [3.05, 3.63) is 35.4 Å². The lowest BCUT2D eigenvalue weighted by molar-refractivity contribution is 0.326. The Hall–Kier alpha value is -0.960. The molecule has 0 heterocycles. The zero-order valence-corrected chi connectivity index (χ0v) is 12.3. The van der Waals surface area contributed by atoms with Gasteiger partial charge in [-0.15, -0.1) is 0 Å². The Bertz CT molecular complexity index is 399. The molecule has 1 N–H and O–H groups in total. The molecular formula is C17H25F2N. The Kier molecular flexibility index (Phi) is 5.96. The Balaban J connectivity index is 2.10. The summed E-state index contributed by atoms with van der Waals surface area (Å²) >= 11 is 0. The standard InChI is InChI=1S/C17H25F2N/c1-2-11-20-17-10-5-3-4-7-13(17)12-14-15(18)8-6-9-16(14)19/h6,8-9,13,17,20H,2-5,7,10-12H2,1H3. The number of benzene rings is 1. The molecule has 0 bridgehead atoms. The predicted molar refractivity (Wildman–Crippen MR) is 78.7 cm³/mol. The van der Waals surface area contributed by atoms with Crippen LogP contribution in [0.15, 0.2) is 18.2 Å². The summed E-state index contributed by atoms with van der Waals surface area (Å²) in [5, 5.41) is 3.58. The minimum absolute atomic E-state index is 0.266. The van der Waals surface area contributed by atoms with E-state index in [0.717, 1.165) is 25.8 Å². The molecule has 0 saturated heterocycles. The van der Waals surface area contributed by atoms with E-state index in [2.05, 4.69) is 12.2 Å². The monoisotopic (exact) mass is 281 g/mol. The number of rotatable bonds is 5. The van der Waals surface area contributed by atoms with Crippen molar-refractivity contribution in [1.29, 1.82) is 0 Å². The fraction of sp³-hybridized carbons (Fsp3) is 0.647. The van der Waals surface area contributed by atoms with E-state index in [1.54, 1.807) is 0 Å². The maximum atomic E-state index is 13.8. The van der Waals surface area contributed by atoms with Gasteiger partial charge in [0.1, 0.15) is 11.6 Å². The topological polar surface area (TPSA) is 12.0 Å². The van der Waals surface area contributed by atoms with Crippen molar-refractivity contribution in [2.24, 2.45) is 5.92 Å². The van der Waals surface area contributed by atoms with Gasteiger partial charge in [0.05, 0.1) is 0 Å². The van der Waals surface area contributed by atoms with Crippen molar-refractivity contribution in [3.8, 4) is 0 Å². The fourth-order valence-corrected chi connectivity index (χ4v) is 3.22. The van der Waals surface area contributed by atoms with Crippen LogP contribution >= 0.6 is 0 Å². The first-order valence-electron chi connectivity index (χ1n) is 7.88. The summed E-state index contributed by atoms with van der Waals surface area (Å²) in [6, 6.07) is 4.57. The van der Waals surface area contributed by atoms with Crippen LogP contribution in [0.2, 0.25) is 0 Å². The summed E-state index contributed by atoms with van der Waals surface area (Å²) in [4.78, 5) is 0. The van der Waals surface area contributed by atoms with Gasteiger partial charge in [0.2, 0.25) is 0 Å². The van der Waals surface area contributed by atoms with Crippen molar-refractivity contribution in [1.82, 2.24) is 5.32 Å². The largest absolute Gasteiger partial charge is 0.314 e. The molecule has 0 aliphatic heterocycles. The lowest BCUT2D eigenvalue weighted by Gasteiger charge is -2.26. The number of halogens is 2. The molecule has 2 atom stereocenters. The van der Waals surface area contributed by atoms with Gasteiger partial charge in [0, 0.05) is 11.6 Å². The van der Waals surface area contributed by atoms with Crippen LogP contribution in [0.3, 0.4) is 0 Å². The van der Waals surface area contributed by atoms with Crippen molar-refractivity contribution < 1.29 is 8.78 Å². The first-order valence-corrected chi connectivity index (χ1v) is 7.88. The fourth-order valence-electron chi connectivity index (χ4n) is 3.22. The van der Waals surface area contributed by atoms with Gasteiger partial charge in [-0.05, 0) is 50.3 Å². The van der Waals surface area contributed by atoms with Crippen LogP contribution in [0.25, 0.3) is 0 Å². The van der Waals surface area contributed by atoms with E-state index in [1.807, 2.05) is 0 Å². The highest BCUT2D eigenvalue weighted by Crippen LogP contribution is 2.28. The Morgan fingerprint density at radius 2 is 1.80 bits per heavy atom. The summed E-state index contributed by atoms with van der Waals surface area (Å²) in [5.74, 6) is -0.456. The maximum Gasteiger partial charge on any atom is 0.129 e. The average molecular weight is 281 g/mol. The summed E-state index contributed by atoms with van der Waals surface area (Å²) in [7, 11) is 0. The van der Waals surface area contributed by atoms with Gasteiger partial charge in [-0.3, -0.25) is 0 Å². The first kappa shape index (κ1) is 15.4. The van der Waals surface area contributed by atoms with Crippen LogP contribution in [-0.4, -0.2) is 12.6 Å². The Labute approximate surface area is 120 Å². The van der Waals surface area contributed by atoms with E-state index in [1.165, 1.54) is 37.5 Å². The average Bonchev–Trinajstić information content (AvgIpc) is 2.66. The van der Waals surface area contributed by atoms with Crippen LogP contribution in [0, 0.1) is 17.6 Å². The molecule has 2 unspecified atom stereocenters. The van der Waals surface area contributed by atoms with Gasteiger partial charge in [-0.1, -0.05) is 32.3 Å². The molecule has 1 saturated carbocycles. The second kappa shape index (κ2) is 7.72. The molecule has 112 valence electrons. The van der Waals surface area contributed by atoms with Crippen molar-refractivity contribution in [2.45, 2.75) is 57.9 Å². The first-order chi connectivity index (χ1) is 9.72. The molecule has 3 heteroatoms. The van der Waals surface area contributed by atoms with Crippen molar-refractivity contribution in [3.63, 3.8) is 0 Å². The molecule has 20 heavy (non-hydrogen) atoms. The minimum Gasteiger partial charge on any atom is -0.314 e. The van der Waals surface area contributed by atoms with E-state index in [0.29, 0.717) is 18.4 Å². The highest BCUT2D eigenvalue weighted by molar-refractivity contribution is 5.20. The van der Waals surface area contributed by atoms with Gasteiger partial charge >= 0.3 is 0 Å². The molecule has 1 fully saturated rings.